The molecule has 1 N–H and O–H groups in total. The first-order chi connectivity index (χ1) is 14.7. The van der Waals surface area contributed by atoms with Crippen molar-refractivity contribution in [2.75, 3.05) is 13.4 Å². The fraction of sp³-hybridized carbons (Fsp3) is 0.500. The molecular formula is C24H28ClNO5. The Balaban J connectivity index is 1.84. The number of hydrogen-bond acceptors (Lipinski definition) is 6. The fourth-order valence-electron chi connectivity index (χ4n) is 4.56. The van der Waals surface area contributed by atoms with Crippen LogP contribution in [0.1, 0.15) is 64.9 Å². The van der Waals surface area contributed by atoms with Gasteiger partial charge in [0.25, 0.3) is 0 Å². The first-order valence-corrected chi connectivity index (χ1v) is 11.1. The Morgan fingerprint density at radius 2 is 1.97 bits per heavy atom. The minimum Gasteiger partial charge on any atom is -0.462 e. The predicted molar refractivity (Wildman–Crippen MR) is 117 cm³/mol. The molecule has 2 heterocycles. The van der Waals surface area contributed by atoms with Gasteiger partial charge in [0.2, 0.25) is 6.79 Å². The summed E-state index contributed by atoms with van der Waals surface area (Å²) >= 11 is 6.66. The summed E-state index contributed by atoms with van der Waals surface area (Å²) in [5.74, 6) is 0.0852. The maximum atomic E-state index is 13.3. The van der Waals surface area contributed by atoms with E-state index in [9.17, 15) is 9.59 Å². The molecule has 4 rings (SSSR count). The summed E-state index contributed by atoms with van der Waals surface area (Å²) in [6, 6.07) is 3.47. The number of rotatable bonds is 5. The minimum absolute atomic E-state index is 0.0174. The van der Waals surface area contributed by atoms with E-state index in [2.05, 4.69) is 19.2 Å². The number of esters is 1. The largest absolute Gasteiger partial charge is 0.462 e. The van der Waals surface area contributed by atoms with E-state index in [1.807, 2.05) is 13.8 Å². The maximum Gasteiger partial charge on any atom is 0.336 e. The first-order valence-electron chi connectivity index (χ1n) is 10.7. The lowest BCUT2D eigenvalue weighted by Gasteiger charge is -2.39. The van der Waals surface area contributed by atoms with E-state index in [1.54, 1.807) is 12.1 Å². The van der Waals surface area contributed by atoms with Gasteiger partial charge >= 0.3 is 5.97 Å². The number of ketones is 1. The van der Waals surface area contributed by atoms with Gasteiger partial charge in [0.05, 0.1) is 12.2 Å². The van der Waals surface area contributed by atoms with Crippen molar-refractivity contribution in [1.29, 1.82) is 0 Å². The molecule has 3 aliphatic rings. The van der Waals surface area contributed by atoms with Crippen LogP contribution in [0.3, 0.4) is 0 Å². The summed E-state index contributed by atoms with van der Waals surface area (Å²) < 4.78 is 16.6. The lowest BCUT2D eigenvalue weighted by molar-refractivity contribution is -0.139. The van der Waals surface area contributed by atoms with Gasteiger partial charge in [-0.05, 0) is 36.8 Å². The maximum absolute atomic E-state index is 13.3. The van der Waals surface area contributed by atoms with Crippen LogP contribution in [0.2, 0.25) is 5.02 Å². The number of benzene rings is 1. The Morgan fingerprint density at radius 1 is 1.26 bits per heavy atom. The molecule has 0 radical (unpaired) electrons. The topological polar surface area (TPSA) is 73.9 Å². The van der Waals surface area contributed by atoms with Crippen LogP contribution in [0.25, 0.3) is 0 Å². The highest BCUT2D eigenvalue weighted by Gasteiger charge is 2.44. The van der Waals surface area contributed by atoms with Crippen LogP contribution in [-0.4, -0.2) is 25.2 Å². The van der Waals surface area contributed by atoms with Crippen LogP contribution in [0.4, 0.5) is 0 Å². The third-order valence-electron chi connectivity index (χ3n) is 5.99. The van der Waals surface area contributed by atoms with E-state index in [-0.39, 0.29) is 18.0 Å². The van der Waals surface area contributed by atoms with Gasteiger partial charge < -0.3 is 19.5 Å². The van der Waals surface area contributed by atoms with E-state index in [0.29, 0.717) is 58.4 Å². The molecule has 0 saturated carbocycles. The van der Waals surface area contributed by atoms with E-state index in [0.717, 1.165) is 18.5 Å². The van der Waals surface area contributed by atoms with Gasteiger partial charge in [-0.25, -0.2) is 4.79 Å². The fourth-order valence-corrected chi connectivity index (χ4v) is 4.82. The molecule has 0 amide bonds. The zero-order valence-electron chi connectivity index (χ0n) is 18.4. The number of hydrogen-bond donors (Lipinski definition) is 1. The van der Waals surface area contributed by atoms with Crippen LogP contribution in [0, 0.1) is 5.41 Å². The summed E-state index contributed by atoms with van der Waals surface area (Å²) in [6.45, 7) is 8.48. The number of allylic oxidation sites excluding steroid dienone is 3. The van der Waals surface area contributed by atoms with Crippen molar-refractivity contribution in [2.45, 2.75) is 59.3 Å². The van der Waals surface area contributed by atoms with Crippen LogP contribution in [0.15, 0.2) is 34.7 Å². The first kappa shape index (κ1) is 21.8. The third-order valence-corrected chi connectivity index (χ3v) is 6.32. The van der Waals surface area contributed by atoms with Crippen LogP contribution < -0.4 is 14.8 Å². The number of fused-ring (bicyclic) bond motifs is 1. The Morgan fingerprint density at radius 3 is 2.68 bits per heavy atom. The molecule has 2 aliphatic heterocycles. The summed E-state index contributed by atoms with van der Waals surface area (Å²) in [5, 5.41) is 3.76. The molecule has 0 spiro atoms. The van der Waals surface area contributed by atoms with Crippen LogP contribution in [0.5, 0.6) is 11.5 Å². The molecule has 0 aromatic heterocycles. The normalized spacial score (nSPS) is 21.7. The monoisotopic (exact) mass is 445 g/mol. The molecule has 1 aromatic rings. The minimum atomic E-state index is -0.615. The number of unbranched alkanes of at least 4 members (excludes halogenated alkanes) is 1. The average molecular weight is 446 g/mol. The molecule has 0 saturated heterocycles. The highest BCUT2D eigenvalue weighted by Crippen LogP contribution is 2.50. The molecule has 1 aliphatic carbocycles. The van der Waals surface area contributed by atoms with Gasteiger partial charge in [-0.2, -0.15) is 0 Å². The van der Waals surface area contributed by atoms with Crippen molar-refractivity contribution < 1.29 is 23.8 Å². The molecule has 1 atom stereocenters. The van der Waals surface area contributed by atoms with Gasteiger partial charge in [-0.3, -0.25) is 4.79 Å². The number of carbonyl (C=O) groups excluding carboxylic acids is 2. The Kier molecular flexibility index (Phi) is 5.77. The smallest absolute Gasteiger partial charge is 0.336 e. The molecule has 0 bridgehead atoms. The molecular weight excluding hydrogens is 418 g/mol. The number of carbonyl (C=O) groups is 2. The SMILES string of the molecule is CCCCOC(=O)C1=C(C)NC2=C(C(=O)CC(C)(C)C2)C1c1cc2c(cc1Cl)OCO2. The quantitative estimate of drug-likeness (QED) is 0.507. The molecule has 31 heavy (non-hydrogen) atoms. The lowest BCUT2D eigenvalue weighted by atomic mass is 9.68. The van der Waals surface area contributed by atoms with Crippen LogP contribution >= 0.6 is 11.6 Å². The van der Waals surface area contributed by atoms with E-state index in [4.69, 9.17) is 25.8 Å². The summed E-state index contributed by atoms with van der Waals surface area (Å²) in [5.41, 5.74) is 3.03. The second-order valence-electron chi connectivity index (χ2n) is 9.15. The van der Waals surface area contributed by atoms with Gasteiger partial charge in [0.15, 0.2) is 17.3 Å². The van der Waals surface area contributed by atoms with Crippen LogP contribution in [-0.2, 0) is 14.3 Å². The van der Waals surface area contributed by atoms with Gasteiger partial charge in [-0.15, -0.1) is 0 Å². The molecule has 6 nitrogen and oxygen atoms in total. The molecule has 0 fully saturated rings. The predicted octanol–water partition coefficient (Wildman–Crippen LogP) is 5.02. The van der Waals surface area contributed by atoms with Crippen molar-refractivity contribution in [3.05, 3.63) is 45.3 Å². The number of Topliss-reactive ketones (excluding diaryl/α,β-unsaturated/α-hetero) is 1. The molecule has 166 valence electrons. The van der Waals surface area contributed by atoms with Crippen molar-refractivity contribution in [1.82, 2.24) is 5.32 Å². The van der Waals surface area contributed by atoms with Crippen molar-refractivity contribution in [3.63, 3.8) is 0 Å². The summed E-state index contributed by atoms with van der Waals surface area (Å²) in [6.07, 6.45) is 2.82. The highest BCUT2D eigenvalue weighted by atomic mass is 35.5. The summed E-state index contributed by atoms with van der Waals surface area (Å²) in [4.78, 5) is 26.5. The van der Waals surface area contributed by atoms with E-state index >= 15 is 0 Å². The van der Waals surface area contributed by atoms with Crippen molar-refractivity contribution in [3.8, 4) is 11.5 Å². The Labute approximate surface area is 187 Å². The second-order valence-corrected chi connectivity index (χ2v) is 9.55. The van der Waals surface area contributed by atoms with Gasteiger partial charge in [-0.1, -0.05) is 38.8 Å². The third kappa shape index (κ3) is 4.05. The number of halogens is 1. The number of dihydropyridines is 1. The van der Waals surface area contributed by atoms with Gasteiger partial charge in [0, 0.05) is 40.4 Å². The second kappa shape index (κ2) is 8.23. The standard InChI is InChI=1S/C24H28ClNO5/c1-5-6-7-29-23(28)20-13(2)26-16-10-24(3,4)11-17(27)22(16)21(20)14-8-18-19(9-15(14)25)31-12-30-18/h8-9,21,26H,5-7,10-12H2,1-4H3. The summed E-state index contributed by atoms with van der Waals surface area (Å²) in [7, 11) is 0. The average Bonchev–Trinajstić information content (AvgIpc) is 3.12. The Bertz CT molecular complexity index is 1010. The Hall–Kier alpha value is -2.47. The highest BCUT2D eigenvalue weighted by molar-refractivity contribution is 6.32. The molecule has 1 aromatic carbocycles. The number of nitrogens with one attached hydrogen (secondary N) is 1. The zero-order chi connectivity index (χ0) is 22.3. The van der Waals surface area contributed by atoms with E-state index < -0.39 is 11.9 Å². The van der Waals surface area contributed by atoms with E-state index in [1.165, 1.54) is 0 Å². The van der Waals surface area contributed by atoms with Gasteiger partial charge in [0.1, 0.15) is 0 Å². The lowest BCUT2D eigenvalue weighted by Crippen LogP contribution is -2.38. The molecule has 7 heteroatoms. The molecule has 1 unspecified atom stereocenters. The number of ether oxygens (including phenoxy) is 3. The zero-order valence-corrected chi connectivity index (χ0v) is 19.1. The van der Waals surface area contributed by atoms with Crippen molar-refractivity contribution >= 4 is 23.4 Å². The van der Waals surface area contributed by atoms with Crippen molar-refractivity contribution in [2.24, 2.45) is 5.41 Å².